The molecule has 0 saturated carbocycles. The maximum atomic E-state index is 13.0. The molecule has 1 aliphatic heterocycles. The number of nitrogens with zero attached hydrogens (tertiary/aromatic N) is 1. The highest BCUT2D eigenvalue weighted by Crippen LogP contribution is 2.33. The van der Waals surface area contributed by atoms with Gasteiger partial charge in [-0.15, -0.1) is 0 Å². The van der Waals surface area contributed by atoms with Gasteiger partial charge in [-0.05, 0) is 42.8 Å². The Balaban J connectivity index is 1.88. The molecule has 2 aromatic carbocycles. The van der Waals surface area contributed by atoms with Crippen molar-refractivity contribution in [3.8, 4) is 5.75 Å². The van der Waals surface area contributed by atoms with Crippen LogP contribution in [0.2, 0.25) is 10.0 Å². The Kier molecular flexibility index (Phi) is 6.45. The quantitative estimate of drug-likeness (QED) is 0.635. The van der Waals surface area contributed by atoms with Gasteiger partial charge >= 0.3 is 0 Å². The molecule has 1 unspecified atom stereocenters. The zero-order valence-corrected chi connectivity index (χ0v) is 17.5. The topological polar surface area (TPSA) is 75.7 Å². The van der Waals surface area contributed by atoms with Gasteiger partial charge < -0.3 is 10.1 Å². The minimum Gasteiger partial charge on any atom is -0.497 e. The fourth-order valence-corrected chi connectivity index (χ4v) is 3.54. The molecule has 3 amide bonds. The van der Waals surface area contributed by atoms with E-state index in [4.69, 9.17) is 27.9 Å². The van der Waals surface area contributed by atoms with Crippen LogP contribution in [0.3, 0.4) is 0 Å². The van der Waals surface area contributed by atoms with Gasteiger partial charge in [0.2, 0.25) is 5.91 Å². The number of amides is 3. The first-order valence-corrected chi connectivity index (χ1v) is 9.94. The Labute approximate surface area is 178 Å². The van der Waals surface area contributed by atoms with Crippen molar-refractivity contribution in [2.75, 3.05) is 12.4 Å². The summed E-state index contributed by atoms with van der Waals surface area (Å²) in [7, 11) is 1.55. The van der Waals surface area contributed by atoms with Crippen LogP contribution in [0.25, 0.3) is 0 Å². The van der Waals surface area contributed by atoms with E-state index in [0.717, 1.165) is 11.3 Å². The average Bonchev–Trinajstić information content (AvgIpc) is 2.94. The van der Waals surface area contributed by atoms with Crippen molar-refractivity contribution in [1.82, 2.24) is 4.90 Å². The molecule has 0 aromatic heterocycles. The predicted octanol–water partition coefficient (Wildman–Crippen LogP) is 4.80. The summed E-state index contributed by atoms with van der Waals surface area (Å²) in [5.41, 5.74) is 0.853. The zero-order chi connectivity index (χ0) is 21.1. The van der Waals surface area contributed by atoms with E-state index in [0.29, 0.717) is 24.3 Å². The third-order valence-corrected chi connectivity index (χ3v) is 5.48. The molecule has 0 aliphatic carbocycles. The number of methoxy groups -OCH3 is 1. The van der Waals surface area contributed by atoms with Crippen LogP contribution in [0.5, 0.6) is 5.75 Å². The van der Waals surface area contributed by atoms with Gasteiger partial charge in [0.05, 0.1) is 28.3 Å². The molecule has 1 heterocycles. The van der Waals surface area contributed by atoms with Crippen molar-refractivity contribution in [2.45, 2.75) is 32.2 Å². The average molecular weight is 435 g/mol. The molecule has 1 aliphatic rings. The lowest BCUT2D eigenvalue weighted by atomic mass is 10.1. The number of hydrogen-bond donors (Lipinski definition) is 1. The minimum absolute atomic E-state index is 0.156. The summed E-state index contributed by atoms with van der Waals surface area (Å²) >= 11 is 12.0. The number of imide groups is 1. The van der Waals surface area contributed by atoms with E-state index in [1.165, 1.54) is 12.1 Å². The molecule has 1 atom stereocenters. The lowest BCUT2D eigenvalue weighted by Crippen LogP contribution is -2.47. The Morgan fingerprint density at radius 3 is 2.10 bits per heavy atom. The van der Waals surface area contributed by atoms with E-state index in [1.54, 1.807) is 31.4 Å². The zero-order valence-electron chi connectivity index (χ0n) is 16.0. The van der Waals surface area contributed by atoms with Crippen molar-refractivity contribution in [3.05, 3.63) is 57.6 Å². The fraction of sp³-hybridized carbons (Fsp3) is 0.286. The standard InChI is InChI=1S/C21H20Cl2N2O4/c1-3-4-5-18(19(26)24-12-6-8-13(29-2)9-7-12)25-20(27)14-10-16(22)17(23)11-15(14)21(25)28/h6-11,18H,3-5H2,1-2H3,(H,24,26). The van der Waals surface area contributed by atoms with Crippen LogP contribution >= 0.6 is 23.2 Å². The molecule has 152 valence electrons. The summed E-state index contributed by atoms with van der Waals surface area (Å²) in [6, 6.07) is 8.60. The molecule has 0 spiro atoms. The van der Waals surface area contributed by atoms with E-state index in [-0.39, 0.29) is 21.2 Å². The van der Waals surface area contributed by atoms with Gasteiger partial charge in [0, 0.05) is 5.69 Å². The van der Waals surface area contributed by atoms with E-state index in [2.05, 4.69) is 5.32 Å². The second-order valence-corrected chi connectivity index (χ2v) is 7.48. The Hall–Kier alpha value is -2.57. The molecule has 0 bridgehead atoms. The molecule has 0 radical (unpaired) electrons. The van der Waals surface area contributed by atoms with Crippen LogP contribution in [0.15, 0.2) is 36.4 Å². The summed E-state index contributed by atoms with van der Waals surface area (Å²) < 4.78 is 5.11. The van der Waals surface area contributed by atoms with Crippen LogP contribution in [-0.2, 0) is 4.79 Å². The highest BCUT2D eigenvalue weighted by atomic mass is 35.5. The van der Waals surface area contributed by atoms with Crippen molar-refractivity contribution in [1.29, 1.82) is 0 Å². The highest BCUT2D eigenvalue weighted by molar-refractivity contribution is 6.43. The third-order valence-electron chi connectivity index (χ3n) is 4.76. The van der Waals surface area contributed by atoms with Gasteiger partial charge in [0.1, 0.15) is 11.8 Å². The van der Waals surface area contributed by atoms with Crippen LogP contribution < -0.4 is 10.1 Å². The first-order valence-electron chi connectivity index (χ1n) is 9.19. The SMILES string of the molecule is CCCCC(C(=O)Nc1ccc(OC)cc1)N1C(=O)c2cc(Cl)c(Cl)cc2C1=O. The molecule has 0 saturated heterocycles. The third kappa shape index (κ3) is 4.23. The first kappa shape index (κ1) is 21.1. The van der Waals surface area contributed by atoms with Crippen LogP contribution in [-0.4, -0.2) is 35.8 Å². The molecule has 6 nitrogen and oxygen atoms in total. The van der Waals surface area contributed by atoms with Gasteiger partial charge in [-0.1, -0.05) is 43.0 Å². The smallest absolute Gasteiger partial charge is 0.262 e. The summed E-state index contributed by atoms with van der Waals surface area (Å²) in [5, 5.41) is 3.14. The van der Waals surface area contributed by atoms with Crippen molar-refractivity contribution in [3.63, 3.8) is 0 Å². The largest absolute Gasteiger partial charge is 0.497 e. The van der Waals surface area contributed by atoms with Gasteiger partial charge in [0.25, 0.3) is 11.8 Å². The maximum Gasteiger partial charge on any atom is 0.262 e. The Morgan fingerprint density at radius 1 is 1.07 bits per heavy atom. The fourth-order valence-electron chi connectivity index (χ4n) is 3.21. The molecule has 2 aromatic rings. The minimum atomic E-state index is -0.943. The number of unbranched alkanes of at least 4 members (excludes halogenated alkanes) is 1. The van der Waals surface area contributed by atoms with Crippen LogP contribution in [0.1, 0.15) is 46.9 Å². The Bertz CT molecular complexity index is 919. The number of benzene rings is 2. The number of ether oxygens (including phenoxy) is 1. The normalized spacial score (nSPS) is 14.0. The first-order chi connectivity index (χ1) is 13.9. The number of fused-ring (bicyclic) bond motifs is 1. The van der Waals surface area contributed by atoms with E-state index in [9.17, 15) is 14.4 Å². The number of carbonyl (C=O) groups excluding carboxylic acids is 3. The summed E-state index contributed by atoms with van der Waals surface area (Å²) in [4.78, 5) is 39.8. The van der Waals surface area contributed by atoms with Crippen LogP contribution in [0.4, 0.5) is 5.69 Å². The molecule has 29 heavy (non-hydrogen) atoms. The van der Waals surface area contributed by atoms with E-state index in [1.807, 2.05) is 6.92 Å². The molecule has 8 heteroatoms. The number of carbonyl (C=O) groups is 3. The maximum absolute atomic E-state index is 13.0. The van der Waals surface area contributed by atoms with Gasteiger partial charge in [-0.2, -0.15) is 0 Å². The Morgan fingerprint density at radius 2 is 1.62 bits per heavy atom. The summed E-state index contributed by atoms with van der Waals surface area (Å²) in [6.07, 6.45) is 1.84. The number of anilines is 1. The van der Waals surface area contributed by atoms with E-state index < -0.39 is 23.8 Å². The summed E-state index contributed by atoms with van der Waals surface area (Å²) in [6.45, 7) is 1.97. The summed E-state index contributed by atoms with van der Waals surface area (Å²) in [5.74, 6) is -0.876. The van der Waals surface area contributed by atoms with E-state index >= 15 is 0 Å². The number of hydrogen-bond acceptors (Lipinski definition) is 4. The molecule has 0 fully saturated rings. The lowest BCUT2D eigenvalue weighted by molar-refractivity contribution is -0.120. The number of rotatable bonds is 7. The number of nitrogens with one attached hydrogen (secondary N) is 1. The van der Waals surface area contributed by atoms with Gasteiger partial charge in [-0.3, -0.25) is 19.3 Å². The molecule has 3 rings (SSSR count). The highest BCUT2D eigenvalue weighted by Gasteiger charge is 2.43. The van der Waals surface area contributed by atoms with Gasteiger partial charge in [-0.25, -0.2) is 0 Å². The second kappa shape index (κ2) is 8.84. The van der Waals surface area contributed by atoms with Crippen molar-refractivity contribution >= 4 is 46.6 Å². The number of halogens is 2. The second-order valence-electron chi connectivity index (χ2n) is 6.67. The predicted molar refractivity (Wildman–Crippen MR) is 112 cm³/mol. The van der Waals surface area contributed by atoms with Gasteiger partial charge in [0.15, 0.2) is 0 Å². The van der Waals surface area contributed by atoms with Crippen molar-refractivity contribution in [2.24, 2.45) is 0 Å². The molecular weight excluding hydrogens is 415 g/mol. The van der Waals surface area contributed by atoms with Crippen molar-refractivity contribution < 1.29 is 19.1 Å². The lowest BCUT2D eigenvalue weighted by Gasteiger charge is -2.25. The molecule has 1 N–H and O–H groups in total. The molecular formula is C21H20Cl2N2O4. The van der Waals surface area contributed by atoms with Crippen LogP contribution in [0, 0.1) is 0 Å². The monoisotopic (exact) mass is 434 g/mol.